The van der Waals surface area contributed by atoms with Crippen LogP contribution >= 0.6 is 0 Å². The van der Waals surface area contributed by atoms with Crippen LogP contribution in [0.2, 0.25) is 0 Å². The van der Waals surface area contributed by atoms with Gasteiger partial charge in [-0.1, -0.05) is 133 Å². The first kappa shape index (κ1) is 39.6. The number of oxazole rings is 1. The molecule has 0 amide bonds. The quantitative estimate of drug-likeness (QED) is 0.156. The van der Waals surface area contributed by atoms with Crippen LogP contribution in [-0.4, -0.2) is 9.97 Å². The van der Waals surface area contributed by atoms with Crippen molar-refractivity contribution in [2.45, 2.75) is 65.7 Å². The van der Waals surface area contributed by atoms with Crippen LogP contribution in [0.25, 0.3) is 78.0 Å². The fraction of sp³-hybridized carbons (Fsp3) is 0.192. The maximum absolute atomic E-state index is 6.70. The molecule has 0 aliphatic carbocycles. The normalized spacial score (nSPS) is 11.6. The molecule has 0 unspecified atom stereocenters. The predicted molar refractivity (Wildman–Crippen MR) is 232 cm³/mol. The van der Waals surface area contributed by atoms with E-state index in [0.29, 0.717) is 17.7 Å². The zero-order valence-electron chi connectivity index (χ0n) is 33.5. The molecular formula is C52H46IrN2O2-2. The molecule has 0 atom stereocenters. The Morgan fingerprint density at radius 2 is 1.35 bits per heavy atom. The van der Waals surface area contributed by atoms with Gasteiger partial charge in [-0.15, -0.1) is 54.1 Å². The van der Waals surface area contributed by atoms with Gasteiger partial charge in [0.1, 0.15) is 17.1 Å². The SMILES string of the molecule is CC(C)c1cc(-c2ccccc2)cc(C(C)C)c1-c1cccc2nc(-c3[c-]ccc4c3oc3cc(C(C)(C)C)ccc34)oc12.[Ir].[c-]1ccccc1-c1ccccn1. The fourth-order valence-electron chi connectivity index (χ4n) is 7.40. The fourth-order valence-corrected chi connectivity index (χ4v) is 7.40. The van der Waals surface area contributed by atoms with Crippen LogP contribution < -0.4 is 0 Å². The second-order valence-electron chi connectivity index (χ2n) is 16.0. The van der Waals surface area contributed by atoms with Crippen molar-refractivity contribution in [3.63, 3.8) is 0 Å². The molecule has 1 radical (unpaired) electrons. The summed E-state index contributed by atoms with van der Waals surface area (Å²) in [5, 5.41) is 2.12. The number of pyridine rings is 1. The van der Waals surface area contributed by atoms with Gasteiger partial charge in [0.05, 0.1) is 11.1 Å². The van der Waals surface area contributed by atoms with Crippen LogP contribution in [0, 0.1) is 12.1 Å². The number of aromatic nitrogens is 2. The first-order chi connectivity index (χ1) is 27.1. The third-order valence-electron chi connectivity index (χ3n) is 10.4. The summed E-state index contributed by atoms with van der Waals surface area (Å²) in [6.07, 6.45) is 1.79. The van der Waals surface area contributed by atoms with Crippen molar-refractivity contribution in [1.29, 1.82) is 0 Å². The van der Waals surface area contributed by atoms with E-state index in [1.54, 1.807) is 6.20 Å². The van der Waals surface area contributed by atoms with Crippen molar-refractivity contribution in [2.24, 2.45) is 0 Å². The van der Waals surface area contributed by atoms with Crippen molar-refractivity contribution < 1.29 is 28.9 Å². The Kier molecular flexibility index (Phi) is 11.4. The molecule has 5 heteroatoms. The molecule has 9 rings (SSSR count). The van der Waals surface area contributed by atoms with Crippen molar-refractivity contribution in [3.8, 4) is 45.0 Å². The standard InChI is InChI=1S/C41H38NO2.C11H8N.Ir/c1-24(2)33-21-27(26-13-9-8-10-14-26)22-34(25(3)4)37(33)31-16-12-18-35-39(31)44-40(42-35)32-17-11-15-30-29-20-19-28(41(5,6)7)23-36(29)43-38(30)32;1-2-6-10(7-3-1)11-8-4-5-9-12-11;/h8-16,18-25H,1-7H3;1-6,8-9H;/q2*-1;. The van der Waals surface area contributed by atoms with Gasteiger partial charge in [-0.05, 0) is 80.1 Å². The molecule has 0 saturated heterocycles. The Morgan fingerprint density at radius 1 is 0.614 bits per heavy atom. The summed E-state index contributed by atoms with van der Waals surface area (Å²) in [6, 6.07) is 52.4. The van der Waals surface area contributed by atoms with Crippen molar-refractivity contribution in [1.82, 2.24) is 9.97 Å². The van der Waals surface area contributed by atoms with E-state index >= 15 is 0 Å². The maximum atomic E-state index is 6.70. The summed E-state index contributed by atoms with van der Waals surface area (Å²) in [6.45, 7) is 15.7. The number of furan rings is 1. The maximum Gasteiger partial charge on any atom is 0.149 e. The minimum atomic E-state index is 0. The number of nitrogens with zero attached hydrogens (tertiary/aromatic N) is 2. The van der Waals surface area contributed by atoms with Crippen LogP contribution in [0.15, 0.2) is 148 Å². The third-order valence-corrected chi connectivity index (χ3v) is 10.4. The average Bonchev–Trinajstić information content (AvgIpc) is 3.83. The van der Waals surface area contributed by atoms with Gasteiger partial charge in [0, 0.05) is 37.3 Å². The second kappa shape index (κ2) is 16.5. The molecule has 3 aromatic heterocycles. The van der Waals surface area contributed by atoms with E-state index in [9.17, 15) is 0 Å². The summed E-state index contributed by atoms with van der Waals surface area (Å²) in [5.74, 6) is 1.16. The van der Waals surface area contributed by atoms with E-state index < -0.39 is 0 Å². The van der Waals surface area contributed by atoms with Crippen LogP contribution in [0.3, 0.4) is 0 Å². The Hall–Kier alpha value is -5.61. The van der Waals surface area contributed by atoms with E-state index in [0.717, 1.165) is 55.4 Å². The molecule has 3 heterocycles. The average molecular weight is 923 g/mol. The molecule has 0 saturated carbocycles. The molecule has 0 aliphatic rings. The molecule has 0 aliphatic heterocycles. The molecule has 6 aromatic carbocycles. The second-order valence-corrected chi connectivity index (χ2v) is 16.0. The molecule has 0 N–H and O–H groups in total. The van der Waals surface area contributed by atoms with Gasteiger partial charge in [-0.25, -0.2) is 0 Å². The van der Waals surface area contributed by atoms with Gasteiger partial charge in [0.25, 0.3) is 0 Å². The minimum absolute atomic E-state index is 0. The first-order valence-electron chi connectivity index (χ1n) is 19.5. The number of hydrogen-bond acceptors (Lipinski definition) is 4. The van der Waals surface area contributed by atoms with Crippen LogP contribution in [0.5, 0.6) is 0 Å². The molecule has 4 nitrogen and oxygen atoms in total. The third kappa shape index (κ3) is 8.01. The number of fused-ring (bicyclic) bond motifs is 4. The van der Waals surface area contributed by atoms with Crippen LogP contribution in [0.4, 0.5) is 0 Å². The molecule has 287 valence electrons. The van der Waals surface area contributed by atoms with Gasteiger partial charge in [0.2, 0.25) is 0 Å². The Labute approximate surface area is 349 Å². The van der Waals surface area contributed by atoms with Gasteiger partial charge in [-0.2, -0.15) is 0 Å². The smallest absolute Gasteiger partial charge is 0.149 e. The van der Waals surface area contributed by atoms with Crippen LogP contribution in [0.1, 0.15) is 77.0 Å². The van der Waals surface area contributed by atoms with E-state index in [-0.39, 0.29) is 25.5 Å². The minimum Gasteiger partial charge on any atom is -0.500 e. The Morgan fingerprint density at radius 3 is 2.02 bits per heavy atom. The molecule has 57 heavy (non-hydrogen) atoms. The predicted octanol–water partition coefficient (Wildman–Crippen LogP) is 14.6. The van der Waals surface area contributed by atoms with Gasteiger partial charge in [-0.3, -0.25) is 4.98 Å². The van der Waals surface area contributed by atoms with Gasteiger partial charge in [0.15, 0.2) is 0 Å². The monoisotopic (exact) mass is 923 g/mol. The summed E-state index contributed by atoms with van der Waals surface area (Å²) in [5.41, 5.74) is 14.6. The summed E-state index contributed by atoms with van der Waals surface area (Å²) in [7, 11) is 0. The molecular weight excluding hydrogens is 877 g/mol. The Balaban J connectivity index is 0.000000326. The van der Waals surface area contributed by atoms with E-state index in [2.05, 4.69) is 144 Å². The van der Waals surface area contributed by atoms with E-state index in [4.69, 9.17) is 13.8 Å². The zero-order chi connectivity index (χ0) is 39.0. The van der Waals surface area contributed by atoms with Crippen molar-refractivity contribution in [2.75, 3.05) is 0 Å². The van der Waals surface area contributed by atoms with Crippen LogP contribution in [-0.2, 0) is 25.5 Å². The van der Waals surface area contributed by atoms with Crippen molar-refractivity contribution in [3.05, 3.63) is 168 Å². The van der Waals surface area contributed by atoms with Gasteiger partial charge >= 0.3 is 0 Å². The van der Waals surface area contributed by atoms with Crippen molar-refractivity contribution >= 4 is 33.0 Å². The topological polar surface area (TPSA) is 52.1 Å². The number of hydrogen-bond donors (Lipinski definition) is 0. The zero-order valence-corrected chi connectivity index (χ0v) is 35.9. The first-order valence-corrected chi connectivity index (χ1v) is 19.5. The van der Waals surface area contributed by atoms with Gasteiger partial charge < -0.3 is 13.8 Å². The summed E-state index contributed by atoms with van der Waals surface area (Å²) >= 11 is 0. The molecule has 0 fully saturated rings. The largest absolute Gasteiger partial charge is 0.500 e. The van der Waals surface area contributed by atoms with E-state index in [1.165, 1.54) is 33.4 Å². The van der Waals surface area contributed by atoms with E-state index in [1.807, 2.05) is 54.6 Å². The Bertz CT molecular complexity index is 2710. The summed E-state index contributed by atoms with van der Waals surface area (Å²) in [4.78, 5) is 9.22. The number of para-hydroxylation sites is 1. The molecule has 9 aromatic rings. The summed E-state index contributed by atoms with van der Waals surface area (Å²) < 4.78 is 13.2. The molecule has 0 bridgehead atoms. The number of benzene rings is 6. The number of rotatable bonds is 6. The molecule has 0 spiro atoms.